The summed E-state index contributed by atoms with van der Waals surface area (Å²) in [5.74, 6) is 0. The number of hydrogen-bond acceptors (Lipinski definition) is 2. The second-order valence-corrected chi connectivity index (χ2v) is 15.0. The van der Waals surface area contributed by atoms with Crippen molar-refractivity contribution in [1.29, 1.82) is 0 Å². The number of hydrogen-bond donors (Lipinski definition) is 2. The zero-order chi connectivity index (χ0) is 31.8. The van der Waals surface area contributed by atoms with Crippen LogP contribution in [-0.4, -0.2) is 35.7 Å². The van der Waals surface area contributed by atoms with Crippen LogP contribution in [0.4, 0.5) is 0 Å². The average molecular weight is 619 g/mol. The highest BCUT2D eigenvalue weighted by Gasteiger charge is 2.34. The van der Waals surface area contributed by atoms with Crippen LogP contribution in [0.15, 0.2) is 0 Å². The highest BCUT2D eigenvalue weighted by molar-refractivity contribution is 5.49. The second-order valence-electron chi connectivity index (χ2n) is 15.0. The molecule has 3 nitrogen and oxygen atoms in total. The molecule has 262 valence electrons. The van der Waals surface area contributed by atoms with E-state index in [9.17, 15) is 0 Å². The molecule has 0 spiro atoms. The molecular formula is C41H84N3+. The van der Waals surface area contributed by atoms with E-state index in [0.717, 1.165) is 13.1 Å². The van der Waals surface area contributed by atoms with Gasteiger partial charge < -0.3 is 0 Å². The van der Waals surface area contributed by atoms with Crippen LogP contribution in [0.2, 0.25) is 0 Å². The first-order valence-electron chi connectivity index (χ1n) is 20.7. The van der Waals surface area contributed by atoms with E-state index in [1.165, 1.54) is 205 Å². The van der Waals surface area contributed by atoms with Crippen molar-refractivity contribution in [2.45, 2.75) is 245 Å². The van der Waals surface area contributed by atoms with Gasteiger partial charge in [-0.25, -0.2) is 4.58 Å². The molecule has 0 amide bonds. The molecule has 1 aliphatic heterocycles. The van der Waals surface area contributed by atoms with E-state index < -0.39 is 0 Å². The first kappa shape index (κ1) is 41.5. The summed E-state index contributed by atoms with van der Waals surface area (Å²) in [6.45, 7) is 11.7. The molecule has 0 bridgehead atoms. The van der Waals surface area contributed by atoms with E-state index >= 15 is 0 Å². The fourth-order valence-corrected chi connectivity index (χ4v) is 7.38. The van der Waals surface area contributed by atoms with E-state index in [-0.39, 0.29) is 5.66 Å². The molecule has 0 aromatic heterocycles. The summed E-state index contributed by atoms with van der Waals surface area (Å²) in [6.07, 6.45) is 48.1. The molecule has 0 aliphatic carbocycles. The van der Waals surface area contributed by atoms with Crippen molar-refractivity contribution in [1.82, 2.24) is 10.6 Å². The van der Waals surface area contributed by atoms with Gasteiger partial charge in [0.25, 0.3) is 0 Å². The summed E-state index contributed by atoms with van der Waals surface area (Å²) >= 11 is 0. The molecule has 0 saturated carbocycles. The van der Waals surface area contributed by atoms with E-state index in [1.54, 1.807) is 0 Å². The third kappa shape index (κ3) is 24.6. The summed E-state index contributed by atoms with van der Waals surface area (Å²) < 4.78 is 2.56. The van der Waals surface area contributed by atoms with Gasteiger partial charge >= 0.3 is 0 Å². The van der Waals surface area contributed by atoms with Crippen molar-refractivity contribution in [3.8, 4) is 0 Å². The van der Waals surface area contributed by atoms with E-state index in [1.807, 2.05) is 0 Å². The van der Waals surface area contributed by atoms with E-state index in [0.29, 0.717) is 6.04 Å². The van der Waals surface area contributed by atoms with Crippen LogP contribution < -0.4 is 10.6 Å². The summed E-state index contributed by atoms with van der Waals surface area (Å²) in [5, 5.41) is 7.56. The Bertz CT molecular complexity index is 617. The van der Waals surface area contributed by atoms with E-state index in [4.69, 9.17) is 0 Å². The quantitative estimate of drug-likeness (QED) is 0.0546. The van der Waals surface area contributed by atoms with Gasteiger partial charge in [-0.15, -0.1) is 0 Å². The second kappa shape index (κ2) is 31.1. The van der Waals surface area contributed by atoms with Crippen molar-refractivity contribution in [2.24, 2.45) is 0 Å². The van der Waals surface area contributed by atoms with E-state index in [2.05, 4.69) is 49.2 Å². The molecule has 0 fully saturated rings. The van der Waals surface area contributed by atoms with Gasteiger partial charge in [-0.1, -0.05) is 200 Å². The summed E-state index contributed by atoms with van der Waals surface area (Å²) in [6, 6.07) is 0.590. The first-order valence-corrected chi connectivity index (χ1v) is 20.7. The minimum Gasteiger partial charge on any atom is -0.277 e. The molecular weight excluding hydrogens is 534 g/mol. The monoisotopic (exact) mass is 619 g/mol. The maximum atomic E-state index is 4.09. The Morgan fingerprint density at radius 3 is 1.23 bits per heavy atom. The smallest absolute Gasteiger partial charge is 0.233 e. The minimum atomic E-state index is 0.0922. The number of nitrogens with zero attached hydrogens (tertiary/aromatic N) is 1. The van der Waals surface area contributed by atoms with Gasteiger partial charge in [0.2, 0.25) is 6.34 Å². The van der Waals surface area contributed by atoms with Crippen LogP contribution >= 0.6 is 0 Å². The zero-order valence-corrected chi connectivity index (χ0v) is 31.1. The third-order valence-electron chi connectivity index (χ3n) is 10.4. The molecule has 44 heavy (non-hydrogen) atoms. The Morgan fingerprint density at radius 2 is 0.886 bits per heavy atom. The molecule has 1 rings (SSSR count). The molecule has 0 aromatic carbocycles. The maximum Gasteiger partial charge on any atom is 0.233 e. The normalized spacial score (nSPS) is 15.3. The molecule has 0 radical (unpaired) electrons. The molecule has 1 heterocycles. The Hall–Kier alpha value is -0.570. The van der Waals surface area contributed by atoms with Gasteiger partial charge in [0.15, 0.2) is 5.66 Å². The number of unbranched alkanes of at least 4 members (excludes halogenated alkanes) is 28. The van der Waals surface area contributed by atoms with Crippen LogP contribution in [0.1, 0.15) is 233 Å². The Kier molecular flexibility index (Phi) is 29.3. The van der Waals surface area contributed by atoms with Crippen molar-refractivity contribution in [3.63, 3.8) is 0 Å². The largest absolute Gasteiger partial charge is 0.277 e. The topological polar surface area (TPSA) is 27.1 Å². The predicted octanol–water partition coefficient (Wildman–Crippen LogP) is 12.8. The van der Waals surface area contributed by atoms with Crippen LogP contribution in [0.5, 0.6) is 0 Å². The lowest BCUT2D eigenvalue weighted by molar-refractivity contribution is -0.603. The van der Waals surface area contributed by atoms with Gasteiger partial charge in [-0.2, -0.15) is 0 Å². The molecule has 3 heteroatoms. The van der Waals surface area contributed by atoms with Crippen LogP contribution in [0.25, 0.3) is 0 Å². The highest BCUT2D eigenvalue weighted by atomic mass is 15.3. The van der Waals surface area contributed by atoms with Crippen molar-refractivity contribution >= 4 is 6.34 Å². The molecule has 0 aromatic rings. The lowest BCUT2D eigenvalue weighted by Crippen LogP contribution is -2.55. The molecule has 1 aliphatic rings. The lowest BCUT2D eigenvalue weighted by Gasteiger charge is -2.33. The SMILES string of the molecule is CCCCCCCCCCCCCCCCCCC(C)(NC(C)CCCCCCCCCCCCCCCC)[N+]1=CNCC1. The van der Waals surface area contributed by atoms with Gasteiger partial charge in [-0.3, -0.25) is 10.6 Å². The molecule has 2 atom stereocenters. The van der Waals surface area contributed by atoms with Crippen LogP contribution in [0, 0.1) is 0 Å². The Labute approximate surface area is 279 Å². The van der Waals surface area contributed by atoms with Gasteiger partial charge in [0, 0.05) is 12.5 Å². The maximum absolute atomic E-state index is 4.09. The van der Waals surface area contributed by atoms with Crippen LogP contribution in [-0.2, 0) is 0 Å². The molecule has 2 N–H and O–H groups in total. The van der Waals surface area contributed by atoms with Crippen LogP contribution in [0.3, 0.4) is 0 Å². The summed E-state index contributed by atoms with van der Waals surface area (Å²) in [4.78, 5) is 0. The van der Waals surface area contributed by atoms with Gasteiger partial charge in [-0.05, 0) is 26.7 Å². The lowest BCUT2D eigenvalue weighted by atomic mass is 9.98. The highest BCUT2D eigenvalue weighted by Crippen LogP contribution is 2.21. The first-order chi connectivity index (χ1) is 21.6. The number of nitrogens with one attached hydrogen (secondary N) is 2. The molecule has 2 unspecified atom stereocenters. The summed E-state index contributed by atoms with van der Waals surface area (Å²) in [7, 11) is 0. The van der Waals surface area contributed by atoms with Crippen molar-refractivity contribution in [3.05, 3.63) is 0 Å². The predicted molar refractivity (Wildman–Crippen MR) is 199 cm³/mol. The molecule has 0 saturated heterocycles. The minimum absolute atomic E-state index is 0.0922. The van der Waals surface area contributed by atoms with Gasteiger partial charge in [0.1, 0.15) is 13.1 Å². The zero-order valence-electron chi connectivity index (χ0n) is 31.1. The van der Waals surface area contributed by atoms with Crippen molar-refractivity contribution in [2.75, 3.05) is 13.1 Å². The summed E-state index contributed by atoms with van der Waals surface area (Å²) in [5.41, 5.74) is 0.0922. The Balaban J connectivity index is 2.03. The average Bonchev–Trinajstić information content (AvgIpc) is 3.57. The Morgan fingerprint density at radius 1 is 0.545 bits per heavy atom. The fourth-order valence-electron chi connectivity index (χ4n) is 7.38. The third-order valence-corrected chi connectivity index (χ3v) is 10.4. The van der Waals surface area contributed by atoms with Gasteiger partial charge in [0.05, 0.1) is 0 Å². The number of rotatable bonds is 35. The fraction of sp³-hybridized carbons (Fsp3) is 0.976. The van der Waals surface area contributed by atoms with Crippen molar-refractivity contribution < 1.29 is 4.58 Å². The standard InChI is InChI=1S/C41H83N3/c1-5-7-9-11-13-15-17-19-21-22-24-26-28-30-32-34-36-41(4,44-38-37-42-39-44)43-40(3)35-33-31-29-27-25-23-20-18-16-14-12-10-8-6-2/h39-40,43H,5-38H2,1-4H3/p+1.